The summed E-state index contributed by atoms with van der Waals surface area (Å²) in [5.41, 5.74) is 6.08. The van der Waals surface area contributed by atoms with E-state index in [1.165, 1.54) is 18.2 Å². The second-order valence-electron chi connectivity index (χ2n) is 4.60. The number of nitrogen functional groups attached to an aromatic ring is 1. The molecule has 0 aliphatic heterocycles. The van der Waals surface area contributed by atoms with Crippen LogP contribution in [0.5, 0.6) is 0 Å². The second-order valence-corrected chi connectivity index (χ2v) is 6.61. The van der Waals surface area contributed by atoms with Crippen LogP contribution in [-0.2, 0) is 14.6 Å². The zero-order chi connectivity index (χ0) is 15.3. The zero-order valence-corrected chi connectivity index (χ0v) is 12.7. The van der Waals surface area contributed by atoms with Gasteiger partial charge in [0.25, 0.3) is 5.91 Å². The van der Waals surface area contributed by atoms with E-state index in [1.807, 2.05) is 6.92 Å². The topological polar surface area (TPSA) is 98.5 Å². The number of nitrogens with two attached hydrogens (primary N) is 1. The van der Waals surface area contributed by atoms with Crippen molar-refractivity contribution in [1.29, 1.82) is 0 Å². The van der Waals surface area contributed by atoms with Crippen molar-refractivity contribution in [2.75, 3.05) is 25.2 Å². The fourth-order valence-electron chi connectivity index (χ4n) is 1.61. The highest BCUT2D eigenvalue weighted by Crippen LogP contribution is 2.16. The molecule has 0 saturated heterocycles. The number of nitrogens with one attached hydrogen (secondary N) is 1. The van der Waals surface area contributed by atoms with E-state index in [0.29, 0.717) is 13.2 Å². The summed E-state index contributed by atoms with van der Waals surface area (Å²) in [5, 5.41) is 2.72. The molecule has 1 amide bonds. The maximum Gasteiger partial charge on any atom is 0.251 e. The largest absolute Gasteiger partial charge is 0.399 e. The number of anilines is 1. The molecule has 0 spiro atoms. The fourth-order valence-corrected chi connectivity index (χ4v) is 2.30. The Hall–Kier alpha value is -1.60. The summed E-state index contributed by atoms with van der Waals surface area (Å²) < 4.78 is 28.2. The molecular weight excluding hydrogens is 280 g/mol. The molecular formula is C13H20N2O4S. The highest BCUT2D eigenvalue weighted by atomic mass is 32.2. The maximum atomic E-state index is 12.0. The van der Waals surface area contributed by atoms with Crippen LogP contribution in [0.15, 0.2) is 23.1 Å². The van der Waals surface area contributed by atoms with Gasteiger partial charge in [-0.25, -0.2) is 8.42 Å². The Balaban J connectivity index is 2.91. The van der Waals surface area contributed by atoms with Crippen molar-refractivity contribution in [3.8, 4) is 0 Å². The van der Waals surface area contributed by atoms with Gasteiger partial charge in [-0.05, 0) is 32.0 Å². The number of hydrogen-bond donors (Lipinski definition) is 2. The zero-order valence-electron chi connectivity index (χ0n) is 11.8. The molecule has 1 unspecified atom stereocenters. The second kappa shape index (κ2) is 6.71. The molecule has 0 aliphatic rings. The van der Waals surface area contributed by atoms with Gasteiger partial charge in [0, 0.05) is 30.2 Å². The van der Waals surface area contributed by atoms with Gasteiger partial charge < -0.3 is 15.8 Å². The number of hydrogen-bond acceptors (Lipinski definition) is 5. The number of sulfone groups is 1. The molecule has 1 rings (SSSR count). The number of amides is 1. The molecule has 0 heterocycles. The molecule has 1 atom stereocenters. The van der Waals surface area contributed by atoms with E-state index in [2.05, 4.69) is 5.32 Å². The highest BCUT2D eigenvalue weighted by Gasteiger charge is 2.15. The van der Waals surface area contributed by atoms with Crippen LogP contribution in [0, 0.1) is 0 Å². The van der Waals surface area contributed by atoms with E-state index in [-0.39, 0.29) is 28.1 Å². The van der Waals surface area contributed by atoms with Gasteiger partial charge in [-0.1, -0.05) is 0 Å². The smallest absolute Gasteiger partial charge is 0.251 e. The third-order valence-electron chi connectivity index (χ3n) is 2.57. The first-order valence-corrected chi connectivity index (χ1v) is 8.12. The number of carbonyl (C=O) groups is 1. The van der Waals surface area contributed by atoms with Gasteiger partial charge in [0.15, 0.2) is 9.84 Å². The molecule has 0 saturated carbocycles. The van der Waals surface area contributed by atoms with Gasteiger partial charge in [0.05, 0.1) is 11.5 Å². The molecule has 3 N–H and O–H groups in total. The third kappa shape index (κ3) is 4.82. The number of benzene rings is 1. The van der Waals surface area contributed by atoms with E-state index in [0.717, 1.165) is 6.26 Å². The summed E-state index contributed by atoms with van der Waals surface area (Å²) in [6, 6.07) is 3.91. The lowest BCUT2D eigenvalue weighted by molar-refractivity contribution is 0.0872. The van der Waals surface area contributed by atoms with Gasteiger partial charge in [-0.2, -0.15) is 0 Å². The predicted octanol–water partition coefficient (Wildman–Crippen LogP) is 0.827. The van der Waals surface area contributed by atoms with Crippen molar-refractivity contribution in [1.82, 2.24) is 5.32 Å². The first kappa shape index (κ1) is 16.5. The Morgan fingerprint density at radius 3 is 2.60 bits per heavy atom. The Kier molecular flexibility index (Phi) is 5.52. The van der Waals surface area contributed by atoms with Crippen LogP contribution in [0.2, 0.25) is 0 Å². The van der Waals surface area contributed by atoms with Gasteiger partial charge in [-0.15, -0.1) is 0 Å². The molecule has 0 fully saturated rings. The summed E-state index contributed by atoms with van der Waals surface area (Å²) in [4.78, 5) is 12.1. The standard InChI is InChI=1S/C13H20N2O4S/c1-4-19-8-9(2)15-13(16)10-5-11(14)7-12(6-10)20(3,17)18/h5-7,9H,4,8,14H2,1-3H3,(H,15,16). The summed E-state index contributed by atoms with van der Waals surface area (Å²) in [7, 11) is -3.41. The van der Waals surface area contributed by atoms with Crippen molar-refractivity contribution in [3.05, 3.63) is 23.8 Å². The van der Waals surface area contributed by atoms with Crippen LogP contribution in [0.3, 0.4) is 0 Å². The molecule has 0 bridgehead atoms. The molecule has 6 nitrogen and oxygen atoms in total. The van der Waals surface area contributed by atoms with Gasteiger partial charge in [0.1, 0.15) is 0 Å². The monoisotopic (exact) mass is 300 g/mol. The van der Waals surface area contributed by atoms with Gasteiger partial charge in [0.2, 0.25) is 0 Å². The van der Waals surface area contributed by atoms with E-state index in [4.69, 9.17) is 10.5 Å². The molecule has 7 heteroatoms. The van der Waals surface area contributed by atoms with Crippen molar-refractivity contribution in [3.63, 3.8) is 0 Å². The summed E-state index contributed by atoms with van der Waals surface area (Å²) >= 11 is 0. The lowest BCUT2D eigenvalue weighted by atomic mass is 10.2. The molecule has 0 radical (unpaired) electrons. The molecule has 1 aromatic carbocycles. The summed E-state index contributed by atoms with van der Waals surface area (Å²) in [6.07, 6.45) is 1.07. The Morgan fingerprint density at radius 2 is 2.05 bits per heavy atom. The average Bonchev–Trinajstić information content (AvgIpc) is 2.34. The molecule has 112 valence electrons. The van der Waals surface area contributed by atoms with Crippen LogP contribution in [0.4, 0.5) is 5.69 Å². The minimum Gasteiger partial charge on any atom is -0.399 e. The van der Waals surface area contributed by atoms with Gasteiger partial charge in [-0.3, -0.25) is 4.79 Å². The van der Waals surface area contributed by atoms with E-state index in [1.54, 1.807) is 6.92 Å². The van der Waals surface area contributed by atoms with Crippen LogP contribution in [0.25, 0.3) is 0 Å². The lowest BCUT2D eigenvalue weighted by Crippen LogP contribution is -2.36. The van der Waals surface area contributed by atoms with E-state index < -0.39 is 9.84 Å². The predicted molar refractivity (Wildman–Crippen MR) is 77.4 cm³/mol. The minimum absolute atomic E-state index is 0.0279. The van der Waals surface area contributed by atoms with Gasteiger partial charge >= 0.3 is 0 Å². The fraction of sp³-hybridized carbons (Fsp3) is 0.462. The van der Waals surface area contributed by atoms with Crippen molar-refractivity contribution in [2.24, 2.45) is 0 Å². The van der Waals surface area contributed by atoms with E-state index >= 15 is 0 Å². The summed E-state index contributed by atoms with van der Waals surface area (Å²) in [5.74, 6) is -0.380. The molecule has 0 aliphatic carbocycles. The van der Waals surface area contributed by atoms with Crippen LogP contribution >= 0.6 is 0 Å². The Morgan fingerprint density at radius 1 is 1.40 bits per heavy atom. The summed E-state index contributed by atoms with van der Waals surface area (Å²) in [6.45, 7) is 4.63. The average molecular weight is 300 g/mol. The number of rotatable bonds is 6. The molecule has 1 aromatic rings. The first-order valence-electron chi connectivity index (χ1n) is 6.23. The van der Waals surface area contributed by atoms with Crippen LogP contribution in [-0.4, -0.2) is 39.8 Å². The minimum atomic E-state index is -3.41. The molecule has 20 heavy (non-hydrogen) atoms. The third-order valence-corrected chi connectivity index (χ3v) is 3.66. The van der Waals surface area contributed by atoms with Crippen molar-refractivity contribution in [2.45, 2.75) is 24.8 Å². The lowest BCUT2D eigenvalue weighted by Gasteiger charge is -2.14. The van der Waals surface area contributed by atoms with Crippen LogP contribution < -0.4 is 11.1 Å². The number of ether oxygens (including phenoxy) is 1. The van der Waals surface area contributed by atoms with Crippen molar-refractivity contribution >= 4 is 21.4 Å². The Bertz CT molecular complexity index is 584. The Labute approximate surface area is 119 Å². The molecule has 0 aromatic heterocycles. The van der Waals surface area contributed by atoms with E-state index in [9.17, 15) is 13.2 Å². The highest BCUT2D eigenvalue weighted by molar-refractivity contribution is 7.90. The number of carbonyl (C=O) groups excluding carboxylic acids is 1. The first-order chi connectivity index (χ1) is 9.24. The SMILES string of the molecule is CCOCC(C)NC(=O)c1cc(N)cc(S(C)(=O)=O)c1. The normalized spacial score (nSPS) is 12.9. The van der Waals surface area contributed by atoms with Crippen molar-refractivity contribution < 1.29 is 17.9 Å². The quantitative estimate of drug-likeness (QED) is 0.758. The van der Waals surface area contributed by atoms with Crippen LogP contribution in [0.1, 0.15) is 24.2 Å². The maximum absolute atomic E-state index is 12.0.